The highest BCUT2D eigenvalue weighted by Gasteiger charge is 2.38. The molecule has 0 heterocycles. The van der Waals surface area contributed by atoms with Crippen LogP contribution in [-0.4, -0.2) is 34.0 Å². The Morgan fingerprint density at radius 2 is 1.95 bits per heavy atom. The van der Waals surface area contributed by atoms with E-state index < -0.39 is 0 Å². The second kappa shape index (κ2) is 7.47. The number of hydrogen-bond acceptors (Lipinski definition) is 4. The van der Waals surface area contributed by atoms with Crippen molar-refractivity contribution in [1.82, 2.24) is 5.32 Å². The Balaban J connectivity index is 2.41. The van der Waals surface area contributed by atoms with Crippen molar-refractivity contribution < 1.29 is 14.2 Å². The number of hydrogen-bond donors (Lipinski definition) is 1. The van der Waals surface area contributed by atoms with Gasteiger partial charge in [-0.2, -0.15) is 0 Å². The van der Waals surface area contributed by atoms with Gasteiger partial charge in [0.2, 0.25) is 0 Å². The highest BCUT2D eigenvalue weighted by atomic mass is 79.9. The van der Waals surface area contributed by atoms with Gasteiger partial charge in [-0.15, -0.1) is 0 Å². The second-order valence-electron chi connectivity index (χ2n) is 5.28. The highest BCUT2D eigenvalue weighted by Crippen LogP contribution is 2.45. The molecule has 21 heavy (non-hydrogen) atoms. The molecule has 1 aromatic carbocycles. The van der Waals surface area contributed by atoms with Gasteiger partial charge >= 0.3 is 0 Å². The van der Waals surface area contributed by atoms with Gasteiger partial charge < -0.3 is 19.5 Å². The largest absolute Gasteiger partial charge is 0.495 e. The molecule has 0 aliphatic heterocycles. The summed E-state index contributed by atoms with van der Waals surface area (Å²) in [5, 5.41) is 3.54. The molecule has 1 aliphatic rings. The Labute approximate surface area is 135 Å². The molecule has 0 amide bonds. The lowest BCUT2D eigenvalue weighted by atomic mass is 9.96. The summed E-state index contributed by atoms with van der Waals surface area (Å²) in [5.74, 6) is 2.21. The topological polar surface area (TPSA) is 39.7 Å². The van der Waals surface area contributed by atoms with Gasteiger partial charge in [0.15, 0.2) is 0 Å². The maximum absolute atomic E-state index is 5.77. The summed E-state index contributed by atoms with van der Waals surface area (Å²) in [6.45, 7) is 2.99. The van der Waals surface area contributed by atoms with Crippen LogP contribution >= 0.6 is 15.9 Å². The smallest absolute Gasteiger partial charge is 0.141 e. The van der Waals surface area contributed by atoms with Gasteiger partial charge in [0.25, 0.3) is 0 Å². The zero-order valence-corrected chi connectivity index (χ0v) is 14.7. The maximum atomic E-state index is 5.77. The fourth-order valence-electron chi connectivity index (χ4n) is 2.81. The van der Waals surface area contributed by atoms with Crippen molar-refractivity contribution in [3.8, 4) is 11.5 Å². The Morgan fingerprint density at radius 1 is 1.24 bits per heavy atom. The van der Waals surface area contributed by atoms with Gasteiger partial charge in [-0.1, -0.05) is 6.92 Å². The predicted molar refractivity (Wildman–Crippen MR) is 87.2 cm³/mol. The van der Waals surface area contributed by atoms with E-state index in [1.807, 2.05) is 6.07 Å². The minimum atomic E-state index is 0.115. The quantitative estimate of drug-likeness (QED) is 0.772. The molecule has 0 radical (unpaired) electrons. The lowest BCUT2D eigenvalue weighted by molar-refractivity contribution is 0.0503. The van der Waals surface area contributed by atoms with Crippen LogP contribution < -0.4 is 14.8 Å². The SMILES string of the molecule is CCNC(c1ccc(OC)c(Br)c1OC)C(OC)C1CC1. The molecule has 5 heteroatoms. The minimum absolute atomic E-state index is 0.115. The lowest BCUT2D eigenvalue weighted by Crippen LogP contribution is -2.35. The molecule has 2 unspecified atom stereocenters. The first-order chi connectivity index (χ1) is 10.2. The average molecular weight is 358 g/mol. The molecule has 1 aliphatic carbocycles. The van der Waals surface area contributed by atoms with E-state index in [2.05, 4.69) is 34.2 Å². The number of rotatable bonds is 8. The zero-order chi connectivity index (χ0) is 15.4. The van der Waals surface area contributed by atoms with E-state index in [1.54, 1.807) is 21.3 Å². The van der Waals surface area contributed by atoms with Gasteiger partial charge in [0.1, 0.15) is 16.0 Å². The van der Waals surface area contributed by atoms with E-state index in [9.17, 15) is 0 Å². The first-order valence-corrected chi connectivity index (χ1v) is 8.13. The van der Waals surface area contributed by atoms with E-state index in [-0.39, 0.29) is 12.1 Å². The predicted octanol–water partition coefficient (Wildman–Crippen LogP) is 3.54. The first kappa shape index (κ1) is 16.6. The molecule has 2 atom stereocenters. The summed E-state index contributed by atoms with van der Waals surface area (Å²) in [4.78, 5) is 0. The fourth-order valence-corrected chi connectivity index (χ4v) is 3.50. The second-order valence-corrected chi connectivity index (χ2v) is 6.07. The van der Waals surface area contributed by atoms with Crippen LogP contribution in [0.4, 0.5) is 0 Å². The Morgan fingerprint density at radius 3 is 2.43 bits per heavy atom. The maximum Gasteiger partial charge on any atom is 0.141 e. The molecule has 1 aromatic rings. The molecule has 1 N–H and O–H groups in total. The molecule has 0 saturated heterocycles. The van der Waals surface area contributed by atoms with Crippen LogP contribution in [0.2, 0.25) is 0 Å². The molecule has 0 aromatic heterocycles. The van der Waals surface area contributed by atoms with Crippen molar-refractivity contribution in [3.63, 3.8) is 0 Å². The Bertz CT molecular complexity index is 477. The third-order valence-electron chi connectivity index (χ3n) is 3.96. The van der Waals surface area contributed by atoms with E-state index in [1.165, 1.54) is 12.8 Å². The molecule has 1 fully saturated rings. The fraction of sp³-hybridized carbons (Fsp3) is 0.625. The van der Waals surface area contributed by atoms with Crippen molar-refractivity contribution in [2.75, 3.05) is 27.9 Å². The van der Waals surface area contributed by atoms with Gasteiger partial charge in [-0.05, 0) is 53.4 Å². The number of nitrogens with one attached hydrogen (secondary N) is 1. The Hall–Kier alpha value is -0.780. The van der Waals surface area contributed by atoms with Crippen LogP contribution in [-0.2, 0) is 4.74 Å². The van der Waals surface area contributed by atoms with Crippen LogP contribution in [0.5, 0.6) is 11.5 Å². The minimum Gasteiger partial charge on any atom is -0.495 e. The first-order valence-electron chi connectivity index (χ1n) is 7.34. The van der Waals surface area contributed by atoms with Crippen molar-refractivity contribution in [2.45, 2.75) is 31.9 Å². The van der Waals surface area contributed by atoms with Gasteiger partial charge in [-0.25, -0.2) is 0 Å². The van der Waals surface area contributed by atoms with Crippen molar-refractivity contribution in [3.05, 3.63) is 22.2 Å². The molecule has 2 rings (SSSR count). The number of halogens is 1. The van der Waals surface area contributed by atoms with Crippen LogP contribution in [0.25, 0.3) is 0 Å². The van der Waals surface area contributed by atoms with Crippen molar-refractivity contribution in [1.29, 1.82) is 0 Å². The van der Waals surface area contributed by atoms with E-state index >= 15 is 0 Å². The van der Waals surface area contributed by atoms with Crippen LogP contribution in [0.1, 0.15) is 31.4 Å². The normalized spacial score (nSPS) is 17.4. The van der Waals surface area contributed by atoms with E-state index in [0.717, 1.165) is 28.1 Å². The average Bonchev–Trinajstić information content (AvgIpc) is 3.31. The molecular weight excluding hydrogens is 334 g/mol. The summed E-state index contributed by atoms with van der Waals surface area (Å²) >= 11 is 3.58. The number of methoxy groups -OCH3 is 3. The zero-order valence-electron chi connectivity index (χ0n) is 13.1. The monoisotopic (exact) mass is 357 g/mol. The van der Waals surface area contributed by atoms with E-state index in [4.69, 9.17) is 14.2 Å². The van der Waals surface area contributed by atoms with Gasteiger partial charge in [0.05, 0.1) is 26.4 Å². The van der Waals surface area contributed by atoms with Gasteiger partial charge in [0, 0.05) is 12.7 Å². The van der Waals surface area contributed by atoms with Crippen molar-refractivity contribution in [2.24, 2.45) is 5.92 Å². The molecule has 1 saturated carbocycles. The van der Waals surface area contributed by atoms with Crippen LogP contribution in [0, 0.1) is 5.92 Å². The van der Waals surface area contributed by atoms with E-state index in [0.29, 0.717) is 5.92 Å². The standard InChI is InChI=1S/C16H24BrNO3/c1-5-18-14(15(20-3)10-6-7-10)11-8-9-12(19-2)13(17)16(11)21-4/h8-10,14-15,18H,5-7H2,1-4H3. The number of ether oxygens (including phenoxy) is 3. The van der Waals surface area contributed by atoms with Gasteiger partial charge in [-0.3, -0.25) is 0 Å². The summed E-state index contributed by atoms with van der Waals surface area (Å²) in [6.07, 6.45) is 2.64. The summed E-state index contributed by atoms with van der Waals surface area (Å²) in [5.41, 5.74) is 1.10. The molecule has 4 nitrogen and oxygen atoms in total. The number of likely N-dealkylation sites (N-methyl/N-ethyl adjacent to an activating group) is 1. The number of benzene rings is 1. The molecular formula is C16H24BrNO3. The lowest BCUT2D eigenvalue weighted by Gasteiger charge is -2.29. The van der Waals surface area contributed by atoms with Crippen molar-refractivity contribution >= 4 is 15.9 Å². The van der Waals surface area contributed by atoms with Crippen LogP contribution in [0.3, 0.4) is 0 Å². The third-order valence-corrected chi connectivity index (χ3v) is 4.71. The molecule has 0 spiro atoms. The summed E-state index contributed by atoms with van der Waals surface area (Å²) in [7, 11) is 5.13. The third kappa shape index (κ3) is 3.52. The van der Waals surface area contributed by atoms with Crippen LogP contribution in [0.15, 0.2) is 16.6 Å². The Kier molecular flexibility index (Phi) is 5.90. The summed E-state index contributed by atoms with van der Waals surface area (Å²) < 4.78 is 17.6. The molecule has 118 valence electrons. The summed E-state index contributed by atoms with van der Waals surface area (Å²) in [6, 6.07) is 4.14. The highest BCUT2D eigenvalue weighted by molar-refractivity contribution is 9.10. The molecule has 0 bridgehead atoms.